The number of carbonyl (C=O) groups excluding carboxylic acids is 2. The summed E-state index contributed by atoms with van der Waals surface area (Å²) in [5, 5.41) is 3.18. The van der Waals surface area contributed by atoms with Gasteiger partial charge >= 0.3 is 0 Å². The number of likely N-dealkylation sites (N-methyl/N-ethyl adjacent to an activating group) is 1. The zero-order valence-electron chi connectivity index (χ0n) is 14.4. The number of fused-ring (bicyclic) bond motifs is 1. The van der Waals surface area contributed by atoms with Gasteiger partial charge in [-0.2, -0.15) is 0 Å². The Bertz CT molecular complexity index is 903. The summed E-state index contributed by atoms with van der Waals surface area (Å²) in [4.78, 5) is 47.0. The lowest BCUT2D eigenvalue weighted by Crippen LogP contribution is -2.45. The number of hydrogen-bond donors (Lipinski definition) is 3. The Morgan fingerprint density at radius 2 is 2.16 bits per heavy atom. The van der Waals surface area contributed by atoms with Crippen LogP contribution in [-0.4, -0.2) is 51.9 Å². The molecule has 9 heteroatoms. The second-order valence-electron chi connectivity index (χ2n) is 6.25. The summed E-state index contributed by atoms with van der Waals surface area (Å²) in [5.41, 5.74) is 6.32. The van der Waals surface area contributed by atoms with Crippen LogP contribution in [0, 0.1) is 13.8 Å². The maximum atomic E-state index is 13.1. The highest BCUT2D eigenvalue weighted by Gasteiger charge is 2.39. The predicted octanol–water partition coefficient (Wildman–Crippen LogP) is 0.279. The highest BCUT2D eigenvalue weighted by atomic mass is 32.1. The van der Waals surface area contributed by atoms with Crippen LogP contribution < -0.4 is 16.6 Å². The first-order valence-electron chi connectivity index (χ1n) is 8.17. The van der Waals surface area contributed by atoms with Crippen LogP contribution in [0.3, 0.4) is 0 Å². The molecular formula is C16H21N5O3S. The summed E-state index contributed by atoms with van der Waals surface area (Å²) in [7, 11) is 0. The van der Waals surface area contributed by atoms with E-state index in [1.807, 2.05) is 6.92 Å². The van der Waals surface area contributed by atoms with Gasteiger partial charge in [0, 0.05) is 19.1 Å². The fourth-order valence-electron chi connectivity index (χ4n) is 3.22. The summed E-state index contributed by atoms with van der Waals surface area (Å²) >= 11 is 1.18. The van der Waals surface area contributed by atoms with Crippen molar-refractivity contribution >= 4 is 33.4 Å². The van der Waals surface area contributed by atoms with Crippen LogP contribution in [0.1, 0.15) is 34.4 Å². The highest BCUT2D eigenvalue weighted by Crippen LogP contribution is 2.30. The van der Waals surface area contributed by atoms with E-state index in [-0.39, 0.29) is 23.4 Å². The van der Waals surface area contributed by atoms with Crippen molar-refractivity contribution in [2.45, 2.75) is 39.3 Å². The van der Waals surface area contributed by atoms with Crippen LogP contribution in [0.5, 0.6) is 0 Å². The molecule has 1 aliphatic heterocycles. The first-order valence-corrected chi connectivity index (χ1v) is 8.99. The summed E-state index contributed by atoms with van der Waals surface area (Å²) in [5.74, 6) is 0.0253. The first-order chi connectivity index (χ1) is 11.8. The molecule has 134 valence electrons. The van der Waals surface area contributed by atoms with E-state index >= 15 is 0 Å². The number of aromatic amines is 1. The quantitative estimate of drug-likeness (QED) is 0.723. The summed E-state index contributed by atoms with van der Waals surface area (Å²) in [6, 6.07) is -0.824. The fourth-order valence-corrected chi connectivity index (χ4v) is 4.40. The molecule has 2 aromatic heterocycles. The van der Waals surface area contributed by atoms with Crippen molar-refractivity contribution in [2.75, 3.05) is 13.1 Å². The number of hydrogen-bond acceptors (Lipinski definition) is 6. The molecule has 3 rings (SSSR count). The first kappa shape index (κ1) is 17.6. The number of likely N-dealkylation sites (tertiary alicyclic amines) is 1. The minimum absolute atomic E-state index is 0.200. The van der Waals surface area contributed by atoms with E-state index < -0.39 is 6.04 Å². The molecule has 8 nitrogen and oxygen atoms in total. The molecule has 0 unspecified atom stereocenters. The predicted molar refractivity (Wildman–Crippen MR) is 95.8 cm³/mol. The maximum Gasteiger partial charge on any atom is 0.265 e. The molecule has 1 saturated heterocycles. The molecule has 0 aromatic carbocycles. The van der Waals surface area contributed by atoms with E-state index in [2.05, 4.69) is 15.3 Å². The van der Waals surface area contributed by atoms with Crippen molar-refractivity contribution in [3.63, 3.8) is 0 Å². The van der Waals surface area contributed by atoms with Crippen molar-refractivity contribution < 1.29 is 9.59 Å². The molecule has 4 N–H and O–H groups in total. The van der Waals surface area contributed by atoms with Crippen LogP contribution >= 0.6 is 11.3 Å². The Morgan fingerprint density at radius 1 is 1.44 bits per heavy atom. The Balaban J connectivity index is 2.01. The molecule has 0 bridgehead atoms. The second kappa shape index (κ2) is 6.57. The van der Waals surface area contributed by atoms with Gasteiger partial charge in [0.1, 0.15) is 16.7 Å². The van der Waals surface area contributed by atoms with Gasteiger partial charge in [-0.1, -0.05) is 0 Å². The minimum Gasteiger partial charge on any atom is -0.355 e. The van der Waals surface area contributed by atoms with Gasteiger partial charge in [-0.05, 0) is 32.8 Å². The molecule has 2 amide bonds. The van der Waals surface area contributed by atoms with Gasteiger partial charge in [0.15, 0.2) is 0 Å². The Morgan fingerprint density at radius 3 is 2.84 bits per heavy atom. The SMILES string of the molecule is CCNC(=O)[C@@H]1C[C@H](N)CN1C(=O)c1sc2nc(C)[nH]c(=O)c2c1C. The molecule has 0 saturated carbocycles. The number of aryl methyl sites for hydroxylation is 2. The number of rotatable bonds is 3. The number of nitrogens with two attached hydrogens (primary N) is 1. The van der Waals surface area contributed by atoms with Gasteiger partial charge in [0.05, 0.1) is 10.3 Å². The third-order valence-corrected chi connectivity index (χ3v) is 5.53. The number of thiophene rings is 1. The molecule has 0 radical (unpaired) electrons. The summed E-state index contributed by atoms with van der Waals surface area (Å²) in [6.45, 7) is 6.07. The number of aromatic nitrogens is 2. The Labute approximate surface area is 148 Å². The molecular weight excluding hydrogens is 342 g/mol. The lowest BCUT2D eigenvalue weighted by molar-refractivity contribution is -0.124. The molecule has 2 aromatic rings. The van der Waals surface area contributed by atoms with Crippen molar-refractivity contribution in [1.29, 1.82) is 0 Å². The third-order valence-electron chi connectivity index (χ3n) is 4.36. The molecule has 1 aliphatic rings. The van der Waals surface area contributed by atoms with Gasteiger partial charge < -0.3 is 20.9 Å². The second-order valence-corrected chi connectivity index (χ2v) is 7.25. The zero-order chi connectivity index (χ0) is 18.3. The molecule has 0 aliphatic carbocycles. The van der Waals surface area contributed by atoms with E-state index in [9.17, 15) is 14.4 Å². The van der Waals surface area contributed by atoms with Gasteiger partial charge in [-0.15, -0.1) is 11.3 Å². The lowest BCUT2D eigenvalue weighted by Gasteiger charge is -2.23. The van der Waals surface area contributed by atoms with Crippen LogP contribution in [0.4, 0.5) is 0 Å². The lowest BCUT2D eigenvalue weighted by atomic mass is 10.1. The van der Waals surface area contributed by atoms with Crippen LogP contribution in [0.2, 0.25) is 0 Å². The Hall–Kier alpha value is -2.26. The number of carbonyl (C=O) groups is 2. The van der Waals surface area contributed by atoms with E-state index in [0.717, 1.165) is 0 Å². The van der Waals surface area contributed by atoms with E-state index in [1.165, 1.54) is 16.2 Å². The molecule has 0 spiro atoms. The monoisotopic (exact) mass is 363 g/mol. The zero-order valence-corrected chi connectivity index (χ0v) is 15.2. The number of nitrogens with zero attached hydrogens (tertiary/aromatic N) is 2. The summed E-state index contributed by atoms with van der Waals surface area (Å²) in [6.07, 6.45) is 0.430. The third kappa shape index (κ3) is 3.05. The molecule has 3 heterocycles. The smallest absolute Gasteiger partial charge is 0.265 e. The number of amides is 2. The topological polar surface area (TPSA) is 121 Å². The van der Waals surface area contributed by atoms with Crippen molar-refractivity contribution in [2.24, 2.45) is 5.73 Å². The average Bonchev–Trinajstić information content (AvgIpc) is 3.07. The van der Waals surface area contributed by atoms with Crippen LogP contribution in [0.25, 0.3) is 10.2 Å². The van der Waals surface area contributed by atoms with Crippen LogP contribution in [-0.2, 0) is 4.79 Å². The largest absolute Gasteiger partial charge is 0.355 e. The maximum absolute atomic E-state index is 13.1. The number of H-pyrrole nitrogens is 1. The van der Waals surface area contributed by atoms with E-state index in [0.29, 0.717) is 46.0 Å². The van der Waals surface area contributed by atoms with E-state index in [4.69, 9.17) is 5.73 Å². The van der Waals surface area contributed by atoms with E-state index in [1.54, 1.807) is 13.8 Å². The number of nitrogens with one attached hydrogen (secondary N) is 2. The standard InChI is InChI=1S/C16H21N5O3S/c1-4-18-13(22)10-5-9(17)6-21(10)16(24)12-7(2)11-14(23)19-8(3)20-15(11)25-12/h9-10H,4-6,17H2,1-3H3,(H,18,22)(H,19,20,23)/t9-,10-/m0/s1. The summed E-state index contributed by atoms with van der Waals surface area (Å²) < 4.78 is 0. The Kier molecular flexibility index (Phi) is 4.61. The molecule has 2 atom stereocenters. The average molecular weight is 363 g/mol. The van der Waals surface area contributed by atoms with Crippen LogP contribution in [0.15, 0.2) is 4.79 Å². The minimum atomic E-state index is -0.583. The van der Waals surface area contributed by atoms with Gasteiger partial charge in [0.25, 0.3) is 11.5 Å². The van der Waals surface area contributed by atoms with Crippen molar-refractivity contribution in [3.8, 4) is 0 Å². The highest BCUT2D eigenvalue weighted by molar-refractivity contribution is 7.20. The van der Waals surface area contributed by atoms with Gasteiger partial charge in [-0.25, -0.2) is 4.98 Å². The fraction of sp³-hybridized carbons (Fsp3) is 0.500. The molecule has 1 fully saturated rings. The molecule has 25 heavy (non-hydrogen) atoms. The van der Waals surface area contributed by atoms with Gasteiger partial charge in [0.2, 0.25) is 5.91 Å². The van der Waals surface area contributed by atoms with Gasteiger partial charge in [-0.3, -0.25) is 14.4 Å². The van der Waals surface area contributed by atoms with Crippen molar-refractivity contribution in [1.82, 2.24) is 20.2 Å². The normalized spacial score (nSPS) is 20.2. The van der Waals surface area contributed by atoms with Crippen molar-refractivity contribution in [3.05, 3.63) is 26.6 Å².